The van der Waals surface area contributed by atoms with Crippen LogP contribution in [0, 0.1) is 25.5 Å². The number of aryl methyl sites for hydroxylation is 1. The molecule has 0 aromatic carbocycles. The molecular formula is C14H18F2N4. The summed E-state index contributed by atoms with van der Waals surface area (Å²) in [6.45, 7) is 8.07. The summed E-state index contributed by atoms with van der Waals surface area (Å²) in [7, 11) is 0. The zero-order chi connectivity index (χ0) is 14.9. The second-order valence-corrected chi connectivity index (χ2v) is 4.57. The minimum absolute atomic E-state index is 0.0163. The van der Waals surface area contributed by atoms with Gasteiger partial charge in [-0.15, -0.1) is 0 Å². The predicted octanol–water partition coefficient (Wildman–Crippen LogP) is 3.16. The van der Waals surface area contributed by atoms with Crippen LogP contribution in [0.1, 0.15) is 30.8 Å². The van der Waals surface area contributed by atoms with Crippen molar-refractivity contribution in [1.82, 2.24) is 14.8 Å². The molecule has 4 nitrogen and oxygen atoms in total. The highest BCUT2D eigenvalue weighted by atomic mass is 19.1. The number of hydrogen-bond donors (Lipinski definition) is 1. The summed E-state index contributed by atoms with van der Waals surface area (Å²) < 4.78 is 29.0. The molecule has 0 amide bonds. The van der Waals surface area contributed by atoms with E-state index >= 15 is 0 Å². The summed E-state index contributed by atoms with van der Waals surface area (Å²) in [5, 5.41) is 7.08. The molecule has 0 bridgehead atoms. The van der Waals surface area contributed by atoms with Gasteiger partial charge in [-0.3, -0.25) is 0 Å². The van der Waals surface area contributed by atoms with Crippen LogP contribution in [0.25, 0.3) is 5.82 Å². The van der Waals surface area contributed by atoms with Gasteiger partial charge in [-0.05, 0) is 32.8 Å². The Kier molecular flexibility index (Phi) is 4.01. The number of rotatable bonds is 4. The van der Waals surface area contributed by atoms with Crippen molar-refractivity contribution in [3.8, 4) is 5.82 Å². The van der Waals surface area contributed by atoms with Gasteiger partial charge in [0.2, 0.25) is 0 Å². The van der Waals surface area contributed by atoms with Crippen LogP contribution >= 0.6 is 0 Å². The van der Waals surface area contributed by atoms with Gasteiger partial charge in [0.25, 0.3) is 0 Å². The first-order valence-corrected chi connectivity index (χ1v) is 6.64. The standard InChI is InChI=1S/C14H18F2N4/c1-5-10-8(3)19-20(9(10)4)14-12(16)7-11(15)13(18-14)17-6-2/h7H,5-6H2,1-4H3,(H,17,18). The smallest absolute Gasteiger partial charge is 0.192 e. The van der Waals surface area contributed by atoms with E-state index in [1.54, 1.807) is 0 Å². The Morgan fingerprint density at radius 1 is 1.20 bits per heavy atom. The number of nitrogens with one attached hydrogen (secondary N) is 1. The van der Waals surface area contributed by atoms with Gasteiger partial charge in [0.05, 0.1) is 5.69 Å². The summed E-state index contributed by atoms with van der Waals surface area (Å²) in [6.07, 6.45) is 0.806. The Bertz CT molecular complexity index is 635. The monoisotopic (exact) mass is 280 g/mol. The molecule has 20 heavy (non-hydrogen) atoms. The lowest BCUT2D eigenvalue weighted by molar-refractivity contribution is 0.561. The Morgan fingerprint density at radius 2 is 1.90 bits per heavy atom. The van der Waals surface area contributed by atoms with E-state index in [9.17, 15) is 8.78 Å². The maximum Gasteiger partial charge on any atom is 0.192 e. The quantitative estimate of drug-likeness (QED) is 0.935. The van der Waals surface area contributed by atoms with Crippen molar-refractivity contribution in [2.75, 3.05) is 11.9 Å². The van der Waals surface area contributed by atoms with Gasteiger partial charge in [-0.2, -0.15) is 5.10 Å². The molecule has 0 atom stereocenters. The summed E-state index contributed by atoms with van der Waals surface area (Å²) in [4.78, 5) is 4.02. The second-order valence-electron chi connectivity index (χ2n) is 4.57. The molecule has 6 heteroatoms. The van der Waals surface area contributed by atoms with Gasteiger partial charge in [-0.1, -0.05) is 6.92 Å². The highest BCUT2D eigenvalue weighted by Gasteiger charge is 2.18. The lowest BCUT2D eigenvalue weighted by atomic mass is 10.1. The third-order valence-electron chi connectivity index (χ3n) is 3.25. The molecule has 108 valence electrons. The zero-order valence-corrected chi connectivity index (χ0v) is 12.1. The molecule has 2 heterocycles. The Morgan fingerprint density at radius 3 is 2.45 bits per heavy atom. The molecule has 1 N–H and O–H groups in total. The lowest BCUT2D eigenvalue weighted by Gasteiger charge is -2.09. The number of aromatic nitrogens is 3. The molecule has 0 aliphatic carbocycles. The van der Waals surface area contributed by atoms with Crippen molar-refractivity contribution in [2.24, 2.45) is 0 Å². The summed E-state index contributed by atoms with van der Waals surface area (Å²) in [5.41, 5.74) is 2.71. The van der Waals surface area contributed by atoms with E-state index in [-0.39, 0.29) is 11.6 Å². The first-order valence-electron chi connectivity index (χ1n) is 6.64. The zero-order valence-electron chi connectivity index (χ0n) is 12.1. The molecule has 2 aromatic rings. The van der Waals surface area contributed by atoms with Gasteiger partial charge in [0.15, 0.2) is 23.3 Å². The number of halogens is 2. The predicted molar refractivity (Wildman–Crippen MR) is 74.3 cm³/mol. The maximum absolute atomic E-state index is 14.0. The Hall–Kier alpha value is -1.98. The molecule has 2 aromatic heterocycles. The van der Waals surface area contributed by atoms with Crippen LogP contribution in [0.3, 0.4) is 0 Å². The average molecular weight is 280 g/mol. The fourth-order valence-electron chi connectivity index (χ4n) is 2.29. The fourth-order valence-corrected chi connectivity index (χ4v) is 2.29. The molecule has 0 aliphatic rings. The fraction of sp³-hybridized carbons (Fsp3) is 0.429. The van der Waals surface area contributed by atoms with E-state index in [1.165, 1.54) is 4.68 Å². The van der Waals surface area contributed by atoms with Crippen LogP contribution in [0.2, 0.25) is 0 Å². The molecule has 2 rings (SSSR count). The van der Waals surface area contributed by atoms with Gasteiger partial charge >= 0.3 is 0 Å². The molecule has 0 saturated carbocycles. The molecular weight excluding hydrogens is 262 g/mol. The minimum atomic E-state index is -0.725. The van der Waals surface area contributed by atoms with Gasteiger partial charge in [0.1, 0.15) is 0 Å². The molecule has 0 fully saturated rings. The molecule has 0 spiro atoms. The number of nitrogens with zero attached hydrogens (tertiary/aromatic N) is 3. The number of hydrogen-bond acceptors (Lipinski definition) is 3. The molecule has 0 radical (unpaired) electrons. The summed E-state index contributed by atoms with van der Waals surface area (Å²) >= 11 is 0. The topological polar surface area (TPSA) is 42.7 Å². The van der Waals surface area contributed by atoms with Crippen molar-refractivity contribution in [3.05, 3.63) is 34.7 Å². The van der Waals surface area contributed by atoms with Crippen molar-refractivity contribution < 1.29 is 8.78 Å². The van der Waals surface area contributed by atoms with Crippen LogP contribution in [0.4, 0.5) is 14.6 Å². The maximum atomic E-state index is 14.0. The number of anilines is 1. The van der Waals surface area contributed by atoms with Crippen LogP contribution < -0.4 is 5.32 Å². The van der Waals surface area contributed by atoms with E-state index in [4.69, 9.17) is 0 Å². The van der Waals surface area contributed by atoms with E-state index in [2.05, 4.69) is 15.4 Å². The lowest BCUT2D eigenvalue weighted by Crippen LogP contribution is -2.10. The molecule has 0 saturated heterocycles. The first kappa shape index (κ1) is 14.4. The Labute approximate surface area is 116 Å². The largest absolute Gasteiger partial charge is 0.368 e. The molecule has 0 unspecified atom stereocenters. The van der Waals surface area contributed by atoms with Gasteiger partial charge < -0.3 is 5.32 Å². The van der Waals surface area contributed by atoms with E-state index in [0.29, 0.717) is 6.54 Å². The minimum Gasteiger partial charge on any atom is -0.368 e. The highest BCUT2D eigenvalue weighted by molar-refractivity contribution is 5.43. The van der Waals surface area contributed by atoms with Crippen molar-refractivity contribution in [2.45, 2.75) is 34.1 Å². The van der Waals surface area contributed by atoms with Crippen LogP contribution in [-0.4, -0.2) is 21.3 Å². The normalized spacial score (nSPS) is 10.9. The van der Waals surface area contributed by atoms with E-state index in [0.717, 1.165) is 29.4 Å². The van der Waals surface area contributed by atoms with Gasteiger partial charge in [-0.25, -0.2) is 18.4 Å². The highest BCUT2D eigenvalue weighted by Crippen LogP contribution is 2.22. The second kappa shape index (κ2) is 5.56. The van der Waals surface area contributed by atoms with Crippen LogP contribution in [0.5, 0.6) is 0 Å². The van der Waals surface area contributed by atoms with Crippen molar-refractivity contribution >= 4 is 5.82 Å². The van der Waals surface area contributed by atoms with E-state index < -0.39 is 11.6 Å². The Balaban J connectivity index is 2.60. The van der Waals surface area contributed by atoms with Crippen molar-refractivity contribution in [3.63, 3.8) is 0 Å². The summed E-state index contributed by atoms with van der Waals surface area (Å²) in [6, 6.07) is 0.836. The SMILES string of the molecule is CCNc1nc(-n2nc(C)c(CC)c2C)c(F)cc1F. The average Bonchev–Trinajstić information content (AvgIpc) is 2.68. The van der Waals surface area contributed by atoms with E-state index in [1.807, 2.05) is 27.7 Å². The number of pyridine rings is 1. The van der Waals surface area contributed by atoms with Crippen molar-refractivity contribution in [1.29, 1.82) is 0 Å². The third kappa shape index (κ3) is 2.37. The molecule has 0 aliphatic heterocycles. The van der Waals surface area contributed by atoms with Crippen LogP contribution in [-0.2, 0) is 6.42 Å². The van der Waals surface area contributed by atoms with Crippen LogP contribution in [0.15, 0.2) is 6.07 Å². The summed E-state index contributed by atoms with van der Waals surface area (Å²) in [5.74, 6) is -1.38. The van der Waals surface area contributed by atoms with Gasteiger partial charge in [0, 0.05) is 18.3 Å². The third-order valence-corrected chi connectivity index (χ3v) is 3.25. The first-order chi connectivity index (χ1) is 9.49.